The summed E-state index contributed by atoms with van der Waals surface area (Å²) in [4.78, 5) is 33.7. The minimum Gasteiger partial charge on any atom is -0.370 e. The van der Waals surface area contributed by atoms with Gasteiger partial charge in [0.1, 0.15) is 5.82 Å². The lowest BCUT2D eigenvalue weighted by atomic mass is 10.1. The lowest BCUT2D eigenvalue weighted by molar-refractivity contribution is -0.116. The summed E-state index contributed by atoms with van der Waals surface area (Å²) in [6.07, 6.45) is 4.50. The van der Waals surface area contributed by atoms with Crippen LogP contribution < -0.4 is 15.8 Å². The minimum absolute atomic E-state index is 0.0545. The molecule has 6 heteroatoms. The van der Waals surface area contributed by atoms with Gasteiger partial charge in [0.2, 0.25) is 5.91 Å². The second-order valence-corrected chi connectivity index (χ2v) is 9.50. The zero-order chi connectivity index (χ0) is 24.9. The molecule has 0 saturated carbocycles. The number of nitrogens with one attached hydrogen (secondary N) is 1. The van der Waals surface area contributed by atoms with Crippen molar-refractivity contribution in [3.63, 3.8) is 0 Å². The second-order valence-electron chi connectivity index (χ2n) is 9.50. The second kappa shape index (κ2) is 10.8. The number of hydrogen-bond acceptors (Lipinski definition) is 4. The van der Waals surface area contributed by atoms with Crippen molar-refractivity contribution in [3.8, 4) is 0 Å². The third kappa shape index (κ3) is 5.33. The SMILES string of the molecule is Cc1nc2cc(N3CCCCC3)c(NC(=O)CCc3ccccc3)cc2c(=O)n1Cc1ccccc1. The van der Waals surface area contributed by atoms with Crippen molar-refractivity contribution in [1.29, 1.82) is 0 Å². The number of carbonyl (C=O) groups excluding carboxylic acids is 1. The molecule has 0 unspecified atom stereocenters. The van der Waals surface area contributed by atoms with Gasteiger partial charge in [-0.1, -0.05) is 60.7 Å². The third-order valence-electron chi connectivity index (χ3n) is 6.90. The van der Waals surface area contributed by atoms with Crippen LogP contribution in [0.2, 0.25) is 0 Å². The quantitative estimate of drug-likeness (QED) is 0.389. The van der Waals surface area contributed by atoms with Crippen LogP contribution in [0.15, 0.2) is 77.6 Å². The van der Waals surface area contributed by atoms with Crippen LogP contribution in [0, 0.1) is 6.92 Å². The van der Waals surface area contributed by atoms with Gasteiger partial charge in [-0.25, -0.2) is 4.98 Å². The Morgan fingerprint density at radius 1 is 0.917 bits per heavy atom. The molecule has 184 valence electrons. The molecule has 5 rings (SSSR count). The van der Waals surface area contributed by atoms with Crippen LogP contribution in [0.1, 0.15) is 42.6 Å². The lowest BCUT2D eigenvalue weighted by Crippen LogP contribution is -2.31. The number of aromatic nitrogens is 2. The normalized spacial score (nSPS) is 13.6. The molecule has 0 radical (unpaired) electrons. The predicted octanol–water partition coefficient (Wildman–Crippen LogP) is 5.31. The Labute approximate surface area is 211 Å². The Kier molecular flexibility index (Phi) is 7.12. The molecule has 0 atom stereocenters. The molecule has 1 N–H and O–H groups in total. The molecule has 4 aromatic rings. The number of nitrogens with zero attached hydrogens (tertiary/aromatic N) is 3. The predicted molar refractivity (Wildman–Crippen MR) is 146 cm³/mol. The topological polar surface area (TPSA) is 67.2 Å². The van der Waals surface area contributed by atoms with E-state index in [0.29, 0.717) is 41.8 Å². The summed E-state index contributed by atoms with van der Waals surface area (Å²) < 4.78 is 1.71. The molecule has 0 bridgehead atoms. The van der Waals surface area contributed by atoms with Gasteiger partial charge in [-0.3, -0.25) is 14.2 Å². The van der Waals surface area contributed by atoms with Gasteiger partial charge in [0.15, 0.2) is 0 Å². The maximum atomic E-state index is 13.6. The zero-order valence-corrected chi connectivity index (χ0v) is 20.7. The number of carbonyl (C=O) groups is 1. The van der Waals surface area contributed by atoms with Gasteiger partial charge in [-0.05, 0) is 55.9 Å². The zero-order valence-electron chi connectivity index (χ0n) is 20.7. The highest BCUT2D eigenvalue weighted by Crippen LogP contribution is 2.32. The summed E-state index contributed by atoms with van der Waals surface area (Å²) in [5, 5.41) is 3.65. The summed E-state index contributed by atoms with van der Waals surface area (Å²) in [6, 6.07) is 23.7. The Balaban J connectivity index is 1.50. The molecule has 1 amide bonds. The van der Waals surface area contributed by atoms with E-state index in [9.17, 15) is 9.59 Å². The fourth-order valence-corrected chi connectivity index (χ4v) is 4.93. The van der Waals surface area contributed by atoms with Crippen molar-refractivity contribution < 1.29 is 4.79 Å². The van der Waals surface area contributed by atoms with Gasteiger partial charge in [-0.2, -0.15) is 0 Å². The highest BCUT2D eigenvalue weighted by Gasteiger charge is 2.19. The van der Waals surface area contributed by atoms with E-state index in [-0.39, 0.29) is 11.5 Å². The first-order valence-electron chi connectivity index (χ1n) is 12.8. The molecule has 0 spiro atoms. The summed E-state index contributed by atoms with van der Waals surface area (Å²) in [5.41, 5.74) is 4.39. The van der Waals surface area contributed by atoms with E-state index in [1.165, 1.54) is 6.42 Å². The fourth-order valence-electron chi connectivity index (χ4n) is 4.93. The Bertz CT molecular complexity index is 1410. The van der Waals surface area contributed by atoms with Crippen LogP contribution in [-0.4, -0.2) is 28.5 Å². The number of anilines is 2. The maximum absolute atomic E-state index is 13.6. The number of hydrogen-bond donors (Lipinski definition) is 1. The number of piperidine rings is 1. The molecule has 36 heavy (non-hydrogen) atoms. The average Bonchev–Trinajstić information content (AvgIpc) is 2.92. The number of aryl methyl sites for hydroxylation is 2. The highest BCUT2D eigenvalue weighted by atomic mass is 16.1. The first-order valence-corrected chi connectivity index (χ1v) is 12.8. The molecule has 0 aliphatic carbocycles. The molecule has 1 fully saturated rings. The van der Waals surface area contributed by atoms with Crippen LogP contribution in [0.25, 0.3) is 10.9 Å². The standard InChI is InChI=1S/C30H32N4O2/c1-22-31-26-20-28(33-17-9-4-10-18-33)27(32-29(35)16-15-23-11-5-2-6-12-23)19-25(26)30(36)34(22)21-24-13-7-3-8-14-24/h2-3,5-8,11-14,19-20H,4,9-10,15-18,21H2,1H3,(H,32,35). The largest absolute Gasteiger partial charge is 0.370 e. The monoisotopic (exact) mass is 480 g/mol. The van der Waals surface area contributed by atoms with Crippen LogP contribution >= 0.6 is 0 Å². The molecule has 1 aromatic heterocycles. The molecule has 1 aliphatic heterocycles. The van der Waals surface area contributed by atoms with Crippen molar-refractivity contribution in [2.45, 2.75) is 45.6 Å². The van der Waals surface area contributed by atoms with Gasteiger partial charge < -0.3 is 10.2 Å². The highest BCUT2D eigenvalue weighted by molar-refractivity contribution is 5.99. The number of fused-ring (bicyclic) bond motifs is 1. The van der Waals surface area contributed by atoms with E-state index in [2.05, 4.69) is 10.2 Å². The average molecular weight is 481 g/mol. The Morgan fingerprint density at radius 2 is 1.58 bits per heavy atom. The van der Waals surface area contributed by atoms with Crippen LogP contribution in [-0.2, 0) is 17.8 Å². The first kappa shape index (κ1) is 23.8. The van der Waals surface area contributed by atoms with Gasteiger partial charge >= 0.3 is 0 Å². The van der Waals surface area contributed by atoms with E-state index in [4.69, 9.17) is 4.98 Å². The molecule has 2 heterocycles. The van der Waals surface area contributed by atoms with Gasteiger partial charge in [-0.15, -0.1) is 0 Å². The molecule has 1 aliphatic rings. The van der Waals surface area contributed by atoms with Gasteiger partial charge in [0.25, 0.3) is 5.56 Å². The van der Waals surface area contributed by atoms with Crippen molar-refractivity contribution in [2.24, 2.45) is 0 Å². The van der Waals surface area contributed by atoms with E-state index in [0.717, 1.165) is 42.7 Å². The van der Waals surface area contributed by atoms with Crippen molar-refractivity contribution in [1.82, 2.24) is 9.55 Å². The van der Waals surface area contributed by atoms with E-state index < -0.39 is 0 Å². The minimum atomic E-state index is -0.0914. The molecule has 3 aromatic carbocycles. The Morgan fingerprint density at radius 3 is 2.28 bits per heavy atom. The summed E-state index contributed by atoms with van der Waals surface area (Å²) in [6.45, 7) is 4.20. The molecule has 6 nitrogen and oxygen atoms in total. The first-order chi connectivity index (χ1) is 17.6. The van der Waals surface area contributed by atoms with Crippen LogP contribution in [0.5, 0.6) is 0 Å². The summed E-state index contributed by atoms with van der Waals surface area (Å²) in [7, 11) is 0. The summed E-state index contributed by atoms with van der Waals surface area (Å²) in [5.74, 6) is 0.627. The molecular formula is C30H32N4O2. The summed E-state index contributed by atoms with van der Waals surface area (Å²) >= 11 is 0. The van der Waals surface area contributed by atoms with E-state index >= 15 is 0 Å². The van der Waals surface area contributed by atoms with E-state index in [1.54, 1.807) is 4.57 Å². The number of rotatable bonds is 7. The van der Waals surface area contributed by atoms with Crippen LogP contribution in [0.3, 0.4) is 0 Å². The fraction of sp³-hybridized carbons (Fsp3) is 0.300. The van der Waals surface area contributed by atoms with Crippen LogP contribution in [0.4, 0.5) is 11.4 Å². The smallest absolute Gasteiger partial charge is 0.261 e. The number of benzene rings is 3. The van der Waals surface area contributed by atoms with Crippen molar-refractivity contribution in [2.75, 3.05) is 23.3 Å². The molecular weight excluding hydrogens is 448 g/mol. The molecule has 1 saturated heterocycles. The van der Waals surface area contributed by atoms with Crippen molar-refractivity contribution >= 4 is 28.2 Å². The third-order valence-corrected chi connectivity index (χ3v) is 6.90. The van der Waals surface area contributed by atoms with Gasteiger partial charge in [0, 0.05) is 19.5 Å². The lowest BCUT2D eigenvalue weighted by Gasteiger charge is -2.31. The number of amides is 1. The van der Waals surface area contributed by atoms with Crippen molar-refractivity contribution in [3.05, 3.63) is 100 Å². The Hall–Kier alpha value is -3.93. The maximum Gasteiger partial charge on any atom is 0.261 e. The van der Waals surface area contributed by atoms with E-state index in [1.807, 2.05) is 79.7 Å². The van der Waals surface area contributed by atoms with Gasteiger partial charge in [0.05, 0.1) is 28.8 Å².